The monoisotopic (exact) mass is 387 g/mol. The van der Waals surface area contributed by atoms with Gasteiger partial charge in [-0.2, -0.15) is 5.01 Å². The van der Waals surface area contributed by atoms with E-state index in [9.17, 15) is 9.59 Å². The van der Waals surface area contributed by atoms with Crippen molar-refractivity contribution in [1.82, 2.24) is 14.8 Å². The summed E-state index contributed by atoms with van der Waals surface area (Å²) in [5, 5.41) is 9.29. The molecule has 2 heterocycles. The number of rotatable bonds is 6. The van der Waals surface area contributed by atoms with Gasteiger partial charge in [-0.05, 0) is 25.0 Å². The Labute approximate surface area is 158 Å². The highest BCUT2D eigenvalue weighted by atomic mass is 32.2. The molecular weight excluding hydrogens is 368 g/mol. The summed E-state index contributed by atoms with van der Waals surface area (Å²) in [5.41, 5.74) is 0.595. The lowest BCUT2D eigenvalue weighted by Gasteiger charge is -2.11. The number of para-hydroxylation sites is 1. The van der Waals surface area contributed by atoms with E-state index < -0.39 is 0 Å². The number of hydrogen-bond donors (Lipinski definition) is 1. The van der Waals surface area contributed by atoms with Crippen molar-refractivity contribution in [2.75, 3.05) is 30.2 Å². The number of aromatic nitrogens is 4. The minimum Gasteiger partial charge on any atom is -0.288 e. The van der Waals surface area contributed by atoms with E-state index in [1.807, 2.05) is 18.2 Å². The lowest BCUT2D eigenvalue weighted by molar-refractivity contribution is -0.753. The van der Waals surface area contributed by atoms with Gasteiger partial charge in [0, 0.05) is 6.04 Å². The number of nitrogens with zero attached hydrogens (tertiary/aromatic N) is 5. The molecule has 1 aliphatic carbocycles. The molecule has 0 saturated heterocycles. The van der Waals surface area contributed by atoms with Crippen LogP contribution in [0.15, 0.2) is 44.9 Å². The Balaban J connectivity index is 1.52. The SMILES string of the molecule is CN(C)[n+]1cc(NC(=O)CSc2nc3ccccc3c(=O)n2C2CC2)on1. The van der Waals surface area contributed by atoms with Crippen LogP contribution in [-0.4, -0.2) is 40.6 Å². The topological polar surface area (TPSA) is 97.1 Å². The molecule has 27 heavy (non-hydrogen) atoms. The molecule has 0 aliphatic heterocycles. The second-order valence-electron chi connectivity index (χ2n) is 6.49. The van der Waals surface area contributed by atoms with Gasteiger partial charge in [0.05, 0.1) is 35.5 Å². The fourth-order valence-electron chi connectivity index (χ4n) is 2.67. The fourth-order valence-corrected chi connectivity index (χ4v) is 3.53. The quantitative estimate of drug-likeness (QED) is 0.382. The van der Waals surface area contributed by atoms with Gasteiger partial charge < -0.3 is 0 Å². The van der Waals surface area contributed by atoms with E-state index in [-0.39, 0.29) is 29.1 Å². The van der Waals surface area contributed by atoms with Gasteiger partial charge in [-0.3, -0.25) is 24.0 Å². The molecule has 1 aromatic carbocycles. The van der Waals surface area contributed by atoms with E-state index in [0.29, 0.717) is 16.1 Å². The first-order valence-electron chi connectivity index (χ1n) is 8.53. The van der Waals surface area contributed by atoms with E-state index in [4.69, 9.17) is 4.52 Å². The molecule has 2 aromatic heterocycles. The number of carbonyl (C=O) groups excluding carboxylic acids is 1. The van der Waals surface area contributed by atoms with Crippen LogP contribution in [0, 0.1) is 0 Å². The Morgan fingerprint density at radius 3 is 2.89 bits per heavy atom. The summed E-state index contributed by atoms with van der Waals surface area (Å²) < 4.78 is 6.77. The maximum absolute atomic E-state index is 12.8. The molecule has 1 saturated carbocycles. The van der Waals surface area contributed by atoms with Crippen molar-refractivity contribution in [3.05, 3.63) is 40.8 Å². The number of amides is 1. The van der Waals surface area contributed by atoms with E-state index in [1.165, 1.54) is 16.6 Å². The molecule has 0 atom stereocenters. The fraction of sp³-hybridized carbons (Fsp3) is 0.353. The predicted molar refractivity (Wildman–Crippen MR) is 100 cm³/mol. The lowest BCUT2D eigenvalue weighted by Crippen LogP contribution is -2.53. The lowest BCUT2D eigenvalue weighted by atomic mass is 10.2. The molecule has 10 heteroatoms. The Hall–Kier alpha value is -2.88. The summed E-state index contributed by atoms with van der Waals surface area (Å²) in [5.74, 6) is 0.104. The second-order valence-corrected chi connectivity index (χ2v) is 7.43. The zero-order valence-corrected chi connectivity index (χ0v) is 15.8. The van der Waals surface area contributed by atoms with Crippen molar-refractivity contribution < 1.29 is 14.1 Å². The van der Waals surface area contributed by atoms with E-state index in [0.717, 1.165) is 12.8 Å². The van der Waals surface area contributed by atoms with Gasteiger partial charge in [0.2, 0.25) is 11.2 Å². The molecule has 0 unspecified atom stereocenters. The van der Waals surface area contributed by atoms with E-state index in [1.54, 1.807) is 35.9 Å². The maximum atomic E-state index is 12.8. The average Bonchev–Trinajstić information content (AvgIpc) is 3.37. The van der Waals surface area contributed by atoms with Crippen LogP contribution in [0.3, 0.4) is 0 Å². The van der Waals surface area contributed by atoms with Gasteiger partial charge in [0.1, 0.15) is 0 Å². The largest absolute Gasteiger partial charge is 0.305 e. The van der Waals surface area contributed by atoms with Crippen LogP contribution in [0.2, 0.25) is 0 Å². The summed E-state index contributed by atoms with van der Waals surface area (Å²) in [6.07, 6.45) is 3.49. The standard InChI is InChI=1S/C17H18N6O3S/c1-21(2)22-9-15(26-20-22)19-14(24)10-27-17-18-13-6-4-3-5-12(13)16(25)23(17)11-7-8-11/h3-6,9,11H,7-8,10H2,1-2H3/p+1. The molecule has 1 amide bonds. The molecule has 0 spiro atoms. The number of thioether (sulfide) groups is 1. The molecule has 3 aromatic rings. The molecule has 9 nitrogen and oxygen atoms in total. The van der Waals surface area contributed by atoms with Crippen LogP contribution >= 0.6 is 11.8 Å². The highest BCUT2D eigenvalue weighted by Gasteiger charge is 2.29. The van der Waals surface area contributed by atoms with Crippen molar-refractivity contribution in [3.63, 3.8) is 0 Å². The molecule has 4 rings (SSSR count). The molecule has 140 valence electrons. The summed E-state index contributed by atoms with van der Waals surface area (Å²) in [6, 6.07) is 7.46. The molecule has 1 N–H and O–H groups in total. The number of nitrogens with one attached hydrogen (secondary N) is 1. The van der Waals surface area contributed by atoms with Crippen molar-refractivity contribution in [2.24, 2.45) is 0 Å². The summed E-state index contributed by atoms with van der Waals surface area (Å²) >= 11 is 1.25. The van der Waals surface area contributed by atoms with Gasteiger partial charge in [-0.1, -0.05) is 23.9 Å². The Morgan fingerprint density at radius 1 is 1.41 bits per heavy atom. The summed E-state index contributed by atoms with van der Waals surface area (Å²) in [4.78, 5) is 31.1. The summed E-state index contributed by atoms with van der Waals surface area (Å²) in [7, 11) is 3.60. The van der Waals surface area contributed by atoms with E-state index in [2.05, 4.69) is 15.6 Å². The normalized spacial score (nSPS) is 13.7. The van der Waals surface area contributed by atoms with Gasteiger partial charge in [-0.15, -0.1) is 0 Å². The minimum atomic E-state index is -0.258. The molecule has 1 fully saturated rings. The molecule has 1 aliphatic rings. The number of carbonyl (C=O) groups is 1. The third-order valence-corrected chi connectivity index (χ3v) is 5.10. The Kier molecular flexibility index (Phi) is 4.56. The van der Waals surface area contributed by atoms with Crippen molar-refractivity contribution in [2.45, 2.75) is 24.0 Å². The van der Waals surface area contributed by atoms with Crippen LogP contribution in [-0.2, 0) is 4.79 Å². The first-order valence-corrected chi connectivity index (χ1v) is 9.51. The smallest absolute Gasteiger partial charge is 0.288 e. The number of hydrogen-bond acceptors (Lipinski definition) is 7. The minimum absolute atomic E-state index is 0.0479. The van der Waals surface area contributed by atoms with Gasteiger partial charge in [0.15, 0.2) is 5.16 Å². The highest BCUT2D eigenvalue weighted by Crippen LogP contribution is 2.36. The van der Waals surface area contributed by atoms with Crippen LogP contribution in [0.1, 0.15) is 18.9 Å². The molecule has 0 radical (unpaired) electrons. The van der Waals surface area contributed by atoms with Gasteiger partial charge in [0.25, 0.3) is 11.8 Å². The first kappa shape index (κ1) is 17.5. The zero-order chi connectivity index (χ0) is 19.0. The first-order chi connectivity index (χ1) is 13.0. The third kappa shape index (κ3) is 3.65. The second kappa shape index (κ2) is 7.03. The number of benzene rings is 1. The third-order valence-electron chi connectivity index (χ3n) is 4.15. The summed E-state index contributed by atoms with van der Waals surface area (Å²) in [6.45, 7) is 0. The average molecular weight is 387 g/mol. The predicted octanol–water partition coefficient (Wildman–Crippen LogP) is 0.935. The maximum Gasteiger partial charge on any atom is 0.305 e. The van der Waals surface area contributed by atoms with Crippen LogP contribution < -0.4 is 20.7 Å². The van der Waals surface area contributed by atoms with Crippen molar-refractivity contribution in [3.8, 4) is 0 Å². The Bertz CT molecular complexity index is 1060. The highest BCUT2D eigenvalue weighted by molar-refractivity contribution is 7.99. The number of fused-ring (bicyclic) bond motifs is 1. The van der Waals surface area contributed by atoms with Crippen molar-refractivity contribution in [1.29, 1.82) is 0 Å². The van der Waals surface area contributed by atoms with Crippen LogP contribution in [0.25, 0.3) is 10.9 Å². The molecular formula is C17H19N6O3S+. The zero-order valence-electron chi connectivity index (χ0n) is 15.0. The van der Waals surface area contributed by atoms with E-state index >= 15 is 0 Å². The van der Waals surface area contributed by atoms with Gasteiger partial charge >= 0.3 is 5.88 Å². The van der Waals surface area contributed by atoms with Crippen molar-refractivity contribution >= 4 is 34.5 Å². The van der Waals surface area contributed by atoms with Crippen LogP contribution in [0.5, 0.6) is 0 Å². The molecule has 0 bridgehead atoms. The van der Waals surface area contributed by atoms with Crippen LogP contribution in [0.4, 0.5) is 5.88 Å². The number of anilines is 1. The Morgan fingerprint density at radius 2 is 2.19 bits per heavy atom. The van der Waals surface area contributed by atoms with Gasteiger partial charge in [-0.25, -0.2) is 4.98 Å².